The fourth-order valence-corrected chi connectivity index (χ4v) is 1.93. The zero-order chi connectivity index (χ0) is 13.1. The lowest BCUT2D eigenvalue weighted by atomic mass is 10.1. The number of nitrogens with zero attached hydrogens (tertiary/aromatic N) is 3. The molecule has 94 valence electrons. The smallest absolute Gasteiger partial charge is 0.154 e. The Balaban J connectivity index is 2.04. The molecule has 0 aliphatic rings. The maximum absolute atomic E-state index is 5.11. The third kappa shape index (κ3) is 2.20. The monoisotopic (exact) mass is 251 g/mol. The Morgan fingerprint density at radius 2 is 1.84 bits per heavy atom. The van der Waals surface area contributed by atoms with E-state index in [9.17, 15) is 0 Å². The maximum atomic E-state index is 5.11. The highest BCUT2D eigenvalue weighted by atomic mass is 16.5. The van der Waals surface area contributed by atoms with Crippen LogP contribution < -0.4 is 4.74 Å². The van der Waals surface area contributed by atoms with Crippen molar-refractivity contribution < 1.29 is 4.74 Å². The largest absolute Gasteiger partial charge is 0.495 e. The average Bonchev–Trinajstić information content (AvgIpc) is 2.98. The molecule has 0 unspecified atom stereocenters. The molecule has 0 radical (unpaired) electrons. The molecule has 0 saturated carbocycles. The topological polar surface area (TPSA) is 39.9 Å². The number of ether oxygens (including phenoxy) is 1. The van der Waals surface area contributed by atoms with Gasteiger partial charge in [0, 0.05) is 5.56 Å². The van der Waals surface area contributed by atoms with E-state index in [1.807, 2.05) is 41.1 Å². The predicted octanol–water partition coefficient (Wildman–Crippen LogP) is 2.94. The first-order chi connectivity index (χ1) is 9.38. The fourth-order valence-electron chi connectivity index (χ4n) is 1.93. The molecular formula is C15H13N3O. The van der Waals surface area contributed by atoms with Crippen LogP contribution >= 0.6 is 0 Å². The summed E-state index contributed by atoms with van der Waals surface area (Å²) in [7, 11) is 1.62. The fraction of sp³-hybridized carbons (Fsp3) is 0.0667. The van der Waals surface area contributed by atoms with Crippen molar-refractivity contribution in [1.82, 2.24) is 14.8 Å². The highest BCUT2D eigenvalue weighted by Gasteiger charge is 2.07. The number of methoxy groups -OCH3 is 1. The molecule has 3 aromatic rings. The Morgan fingerprint density at radius 1 is 1.00 bits per heavy atom. The van der Waals surface area contributed by atoms with Crippen molar-refractivity contribution >= 4 is 0 Å². The van der Waals surface area contributed by atoms with Crippen LogP contribution in [0.15, 0.2) is 60.9 Å². The van der Waals surface area contributed by atoms with Gasteiger partial charge in [0.2, 0.25) is 0 Å². The van der Waals surface area contributed by atoms with E-state index in [0.29, 0.717) is 0 Å². The van der Waals surface area contributed by atoms with Gasteiger partial charge in [-0.3, -0.25) is 0 Å². The first kappa shape index (κ1) is 11.5. The summed E-state index contributed by atoms with van der Waals surface area (Å²) < 4.78 is 6.92. The first-order valence-electron chi connectivity index (χ1n) is 5.98. The number of rotatable bonds is 3. The summed E-state index contributed by atoms with van der Waals surface area (Å²) in [6.45, 7) is 0. The van der Waals surface area contributed by atoms with Gasteiger partial charge in [-0.05, 0) is 18.2 Å². The van der Waals surface area contributed by atoms with Gasteiger partial charge in [0.1, 0.15) is 5.75 Å². The van der Waals surface area contributed by atoms with E-state index in [-0.39, 0.29) is 0 Å². The second-order valence-corrected chi connectivity index (χ2v) is 4.05. The summed E-state index contributed by atoms with van der Waals surface area (Å²) >= 11 is 0. The standard InChI is InChI=1S/C15H13N3O/c1-19-13-7-8-15(16-11-13)18-14(9-10-17-18)12-5-3-2-4-6-12/h2-11H,1H3. The minimum absolute atomic E-state index is 0.733. The molecule has 0 amide bonds. The van der Waals surface area contributed by atoms with E-state index in [1.54, 1.807) is 19.5 Å². The summed E-state index contributed by atoms with van der Waals surface area (Å²) in [6, 6.07) is 15.9. The number of hydrogen-bond donors (Lipinski definition) is 0. The Morgan fingerprint density at radius 3 is 2.53 bits per heavy atom. The first-order valence-corrected chi connectivity index (χ1v) is 5.98. The van der Waals surface area contributed by atoms with Crippen LogP contribution in [0, 0.1) is 0 Å². The minimum atomic E-state index is 0.733. The molecule has 1 aromatic carbocycles. The van der Waals surface area contributed by atoms with Crippen LogP contribution in [0.5, 0.6) is 5.75 Å². The van der Waals surface area contributed by atoms with Crippen molar-refractivity contribution in [1.29, 1.82) is 0 Å². The molecule has 2 aromatic heterocycles. The van der Waals surface area contributed by atoms with Gasteiger partial charge in [-0.25, -0.2) is 9.67 Å². The van der Waals surface area contributed by atoms with Crippen LogP contribution in [0.25, 0.3) is 17.1 Å². The Bertz CT molecular complexity index is 659. The third-order valence-corrected chi connectivity index (χ3v) is 2.89. The van der Waals surface area contributed by atoms with Gasteiger partial charge in [0.25, 0.3) is 0 Å². The van der Waals surface area contributed by atoms with Crippen LogP contribution in [0.4, 0.5) is 0 Å². The highest BCUT2D eigenvalue weighted by molar-refractivity contribution is 5.61. The van der Waals surface area contributed by atoms with Gasteiger partial charge in [0.15, 0.2) is 5.82 Å². The van der Waals surface area contributed by atoms with Gasteiger partial charge < -0.3 is 4.74 Å². The van der Waals surface area contributed by atoms with E-state index >= 15 is 0 Å². The van der Waals surface area contributed by atoms with Crippen LogP contribution in [0.1, 0.15) is 0 Å². The molecule has 4 heteroatoms. The van der Waals surface area contributed by atoms with Gasteiger partial charge >= 0.3 is 0 Å². The second kappa shape index (κ2) is 4.94. The van der Waals surface area contributed by atoms with Gasteiger partial charge in [0.05, 0.1) is 25.2 Å². The zero-order valence-electron chi connectivity index (χ0n) is 10.5. The number of pyridine rings is 1. The Labute approximate surface area is 111 Å². The molecule has 0 N–H and O–H groups in total. The minimum Gasteiger partial charge on any atom is -0.495 e. The van der Waals surface area contributed by atoms with Crippen LogP contribution in [0.2, 0.25) is 0 Å². The Kier molecular flexibility index (Phi) is 2.98. The quantitative estimate of drug-likeness (QED) is 0.718. The lowest BCUT2D eigenvalue weighted by molar-refractivity contribution is 0.412. The third-order valence-electron chi connectivity index (χ3n) is 2.89. The van der Waals surface area contributed by atoms with Crippen molar-refractivity contribution in [2.45, 2.75) is 0 Å². The molecule has 2 heterocycles. The summed E-state index contributed by atoms with van der Waals surface area (Å²) in [5.74, 6) is 1.50. The van der Waals surface area contributed by atoms with Crippen molar-refractivity contribution in [3.8, 4) is 22.8 Å². The maximum Gasteiger partial charge on any atom is 0.154 e. The summed E-state index contributed by atoms with van der Waals surface area (Å²) in [5.41, 5.74) is 2.12. The molecule has 19 heavy (non-hydrogen) atoms. The van der Waals surface area contributed by atoms with Gasteiger partial charge in [-0.15, -0.1) is 0 Å². The van der Waals surface area contributed by atoms with Gasteiger partial charge in [-0.2, -0.15) is 5.10 Å². The predicted molar refractivity (Wildman–Crippen MR) is 73.3 cm³/mol. The molecule has 3 rings (SSSR count). The van der Waals surface area contributed by atoms with E-state index < -0.39 is 0 Å². The molecular weight excluding hydrogens is 238 g/mol. The van der Waals surface area contributed by atoms with Crippen molar-refractivity contribution in [2.24, 2.45) is 0 Å². The number of benzene rings is 1. The second-order valence-electron chi connectivity index (χ2n) is 4.05. The molecule has 0 spiro atoms. The highest BCUT2D eigenvalue weighted by Crippen LogP contribution is 2.21. The van der Waals surface area contributed by atoms with E-state index in [4.69, 9.17) is 4.74 Å². The Hall–Kier alpha value is -2.62. The van der Waals surface area contributed by atoms with Crippen molar-refractivity contribution in [3.63, 3.8) is 0 Å². The van der Waals surface area contributed by atoms with Crippen LogP contribution in [0.3, 0.4) is 0 Å². The van der Waals surface area contributed by atoms with E-state index in [0.717, 1.165) is 22.8 Å². The molecule has 0 saturated heterocycles. The van der Waals surface area contributed by atoms with Crippen molar-refractivity contribution in [2.75, 3.05) is 7.11 Å². The molecule has 0 atom stereocenters. The van der Waals surface area contributed by atoms with Crippen LogP contribution in [-0.4, -0.2) is 21.9 Å². The molecule has 0 aliphatic heterocycles. The summed E-state index contributed by atoms with van der Waals surface area (Å²) in [6.07, 6.45) is 3.46. The van der Waals surface area contributed by atoms with Crippen LogP contribution in [-0.2, 0) is 0 Å². The lowest BCUT2D eigenvalue weighted by Gasteiger charge is -2.07. The number of aromatic nitrogens is 3. The SMILES string of the molecule is COc1ccc(-n2nccc2-c2ccccc2)nc1. The summed E-state index contributed by atoms with van der Waals surface area (Å²) in [4.78, 5) is 4.35. The van der Waals surface area contributed by atoms with Crippen molar-refractivity contribution in [3.05, 3.63) is 60.9 Å². The molecule has 4 nitrogen and oxygen atoms in total. The normalized spacial score (nSPS) is 10.4. The van der Waals surface area contributed by atoms with Gasteiger partial charge in [-0.1, -0.05) is 30.3 Å². The molecule has 0 bridgehead atoms. The zero-order valence-corrected chi connectivity index (χ0v) is 10.5. The lowest BCUT2D eigenvalue weighted by Crippen LogP contribution is -2.01. The molecule has 0 fully saturated rings. The number of hydrogen-bond acceptors (Lipinski definition) is 3. The molecule has 0 aliphatic carbocycles. The summed E-state index contributed by atoms with van der Waals surface area (Å²) in [5, 5.41) is 4.33. The van der Waals surface area contributed by atoms with E-state index in [2.05, 4.69) is 22.2 Å². The van der Waals surface area contributed by atoms with E-state index in [1.165, 1.54) is 0 Å². The average molecular weight is 251 g/mol.